The molecule has 146 valence electrons. The third kappa shape index (κ3) is 1.62. The summed E-state index contributed by atoms with van der Waals surface area (Å²) in [5.74, 6) is 2.39. The number of hydrogen-bond donors (Lipinski definition) is 2. The van der Waals surface area contributed by atoms with Gasteiger partial charge in [-0.2, -0.15) is 0 Å². The number of pyridine rings is 1. The number of amides is 2. The Morgan fingerprint density at radius 3 is 2.04 bits per heavy atom. The van der Waals surface area contributed by atoms with Crippen LogP contribution in [0.2, 0.25) is 0 Å². The van der Waals surface area contributed by atoms with Crippen molar-refractivity contribution in [2.24, 2.45) is 45.3 Å². The molecule has 6 fully saturated rings. The summed E-state index contributed by atoms with van der Waals surface area (Å²) < 4.78 is 0. The molecule has 2 amide bonds. The largest absolute Gasteiger partial charge is 0.323 e. The molecule has 1 heterocycles. The first-order valence-corrected chi connectivity index (χ1v) is 10.9. The standard InChI is InChI=1S/C23H27N3O2/c1-20-10-22(20)8-12(22)6-14(20)18(27)25-16-4-3-5-24-17(16)26-19(28)15-7-13-9-23(13)11-21(15,23)2/h3-5,12-15H,6-11H2,1-2H3,(H,25,27)(H,24,26,28). The third-order valence-corrected chi connectivity index (χ3v) is 10.4. The normalized spacial score (nSPS) is 52.6. The molecule has 6 aliphatic rings. The molecule has 1 aromatic heterocycles. The van der Waals surface area contributed by atoms with Gasteiger partial charge in [0.25, 0.3) is 0 Å². The van der Waals surface area contributed by atoms with Gasteiger partial charge in [0.15, 0.2) is 5.82 Å². The molecule has 6 saturated carbocycles. The number of hydrogen-bond acceptors (Lipinski definition) is 3. The van der Waals surface area contributed by atoms with Gasteiger partial charge < -0.3 is 10.6 Å². The van der Waals surface area contributed by atoms with Crippen LogP contribution in [0, 0.1) is 45.3 Å². The number of nitrogens with one attached hydrogen (secondary N) is 2. The molecule has 1 aromatic rings. The minimum atomic E-state index is 0.0796. The van der Waals surface area contributed by atoms with Crippen LogP contribution in [0.1, 0.15) is 52.4 Å². The molecule has 0 aromatic carbocycles. The van der Waals surface area contributed by atoms with Crippen LogP contribution in [0.5, 0.6) is 0 Å². The Kier molecular flexibility index (Phi) is 2.46. The second-order valence-corrected chi connectivity index (χ2v) is 11.3. The Morgan fingerprint density at radius 2 is 1.54 bits per heavy atom. The summed E-state index contributed by atoms with van der Waals surface area (Å²) >= 11 is 0. The first kappa shape index (κ1) is 15.9. The summed E-state index contributed by atoms with van der Waals surface area (Å²) in [6, 6.07) is 3.67. The van der Waals surface area contributed by atoms with E-state index in [9.17, 15) is 9.59 Å². The molecule has 0 aliphatic heterocycles. The second-order valence-electron chi connectivity index (χ2n) is 11.3. The van der Waals surface area contributed by atoms with E-state index in [0.717, 1.165) is 24.7 Å². The molecule has 2 spiro atoms. The Bertz CT molecular complexity index is 899. The zero-order valence-corrected chi connectivity index (χ0v) is 16.5. The molecule has 0 radical (unpaired) electrons. The van der Waals surface area contributed by atoms with E-state index in [1.54, 1.807) is 6.20 Å². The quantitative estimate of drug-likeness (QED) is 0.838. The molecule has 2 N–H and O–H groups in total. The Hall–Kier alpha value is -1.91. The maximum atomic E-state index is 13.0. The second kappa shape index (κ2) is 4.31. The van der Waals surface area contributed by atoms with Crippen molar-refractivity contribution < 1.29 is 9.59 Å². The molecule has 8 atom stereocenters. The van der Waals surface area contributed by atoms with E-state index < -0.39 is 0 Å². The molecule has 0 bridgehead atoms. The Balaban J connectivity index is 1.09. The molecule has 28 heavy (non-hydrogen) atoms. The van der Waals surface area contributed by atoms with Crippen molar-refractivity contribution in [2.45, 2.75) is 52.4 Å². The van der Waals surface area contributed by atoms with Crippen LogP contribution in [-0.4, -0.2) is 16.8 Å². The zero-order chi connectivity index (χ0) is 19.1. The van der Waals surface area contributed by atoms with E-state index in [0.29, 0.717) is 22.3 Å². The molecule has 5 nitrogen and oxygen atoms in total. The van der Waals surface area contributed by atoms with Crippen molar-refractivity contribution in [1.29, 1.82) is 0 Å². The van der Waals surface area contributed by atoms with Crippen molar-refractivity contribution in [3.8, 4) is 0 Å². The average molecular weight is 377 g/mol. The van der Waals surface area contributed by atoms with E-state index in [1.807, 2.05) is 12.1 Å². The average Bonchev–Trinajstić information content (AvgIpc) is 3.57. The number of aromatic nitrogens is 1. The number of carbonyl (C=O) groups excluding carboxylic acids is 2. The molecule has 8 unspecified atom stereocenters. The van der Waals surface area contributed by atoms with Gasteiger partial charge >= 0.3 is 0 Å². The van der Waals surface area contributed by atoms with Crippen molar-refractivity contribution >= 4 is 23.3 Å². The number of anilines is 2. The van der Waals surface area contributed by atoms with Gasteiger partial charge in [-0.25, -0.2) is 4.98 Å². The van der Waals surface area contributed by atoms with Crippen LogP contribution in [-0.2, 0) is 9.59 Å². The van der Waals surface area contributed by atoms with E-state index >= 15 is 0 Å². The van der Waals surface area contributed by atoms with Gasteiger partial charge in [-0.15, -0.1) is 0 Å². The monoisotopic (exact) mass is 377 g/mol. The predicted molar refractivity (Wildman–Crippen MR) is 104 cm³/mol. The maximum Gasteiger partial charge on any atom is 0.229 e. The highest BCUT2D eigenvalue weighted by Gasteiger charge is 2.85. The lowest BCUT2D eigenvalue weighted by atomic mass is 9.88. The number of rotatable bonds is 4. The molecular weight excluding hydrogens is 350 g/mol. The van der Waals surface area contributed by atoms with Crippen LogP contribution in [0.4, 0.5) is 11.5 Å². The van der Waals surface area contributed by atoms with Crippen LogP contribution in [0.15, 0.2) is 18.3 Å². The van der Waals surface area contributed by atoms with Crippen LogP contribution >= 0.6 is 0 Å². The van der Waals surface area contributed by atoms with Gasteiger partial charge in [0.2, 0.25) is 11.8 Å². The maximum absolute atomic E-state index is 13.0. The van der Waals surface area contributed by atoms with Gasteiger partial charge in [-0.3, -0.25) is 9.59 Å². The van der Waals surface area contributed by atoms with Gasteiger partial charge in [-0.05, 0) is 84.2 Å². The molecule has 5 heteroatoms. The summed E-state index contributed by atoms with van der Waals surface area (Å²) in [6.07, 6.45) is 8.78. The van der Waals surface area contributed by atoms with E-state index in [4.69, 9.17) is 0 Å². The van der Waals surface area contributed by atoms with Gasteiger partial charge in [0, 0.05) is 18.0 Å². The predicted octanol–water partition coefficient (Wildman–Crippen LogP) is 3.83. The lowest BCUT2D eigenvalue weighted by Gasteiger charge is -2.23. The summed E-state index contributed by atoms with van der Waals surface area (Å²) in [4.78, 5) is 30.4. The van der Waals surface area contributed by atoms with E-state index in [2.05, 4.69) is 29.5 Å². The topological polar surface area (TPSA) is 71.1 Å². The SMILES string of the molecule is CC12CC13CC3CC2C(=O)Nc1cccnc1NC(=O)C1CC2CC23CC13C. The molecule has 0 saturated heterocycles. The minimum Gasteiger partial charge on any atom is -0.323 e. The van der Waals surface area contributed by atoms with Crippen molar-refractivity contribution in [2.75, 3.05) is 10.6 Å². The lowest BCUT2D eigenvalue weighted by Crippen LogP contribution is -2.31. The van der Waals surface area contributed by atoms with Crippen LogP contribution < -0.4 is 10.6 Å². The molecule has 7 rings (SSSR count). The Morgan fingerprint density at radius 1 is 0.964 bits per heavy atom. The Labute approximate surface area is 165 Å². The smallest absolute Gasteiger partial charge is 0.229 e. The van der Waals surface area contributed by atoms with Gasteiger partial charge in [0.05, 0.1) is 5.69 Å². The fourth-order valence-electron chi connectivity index (χ4n) is 8.29. The summed E-state index contributed by atoms with van der Waals surface area (Å²) in [5, 5.41) is 6.15. The van der Waals surface area contributed by atoms with Crippen molar-refractivity contribution in [3.63, 3.8) is 0 Å². The minimum absolute atomic E-state index is 0.0796. The first-order chi connectivity index (χ1) is 13.3. The summed E-state index contributed by atoms with van der Waals surface area (Å²) in [7, 11) is 0. The highest BCUT2D eigenvalue weighted by molar-refractivity contribution is 6.01. The van der Waals surface area contributed by atoms with Crippen LogP contribution in [0.3, 0.4) is 0 Å². The number of carbonyl (C=O) groups is 2. The van der Waals surface area contributed by atoms with Crippen LogP contribution in [0.25, 0.3) is 0 Å². The first-order valence-electron chi connectivity index (χ1n) is 10.9. The van der Waals surface area contributed by atoms with E-state index in [1.165, 1.54) is 25.7 Å². The van der Waals surface area contributed by atoms with Gasteiger partial charge in [-0.1, -0.05) is 13.8 Å². The summed E-state index contributed by atoms with van der Waals surface area (Å²) in [6.45, 7) is 4.57. The highest BCUT2D eigenvalue weighted by Crippen LogP contribution is 2.91. The van der Waals surface area contributed by atoms with Gasteiger partial charge in [0.1, 0.15) is 0 Å². The number of nitrogens with zero attached hydrogens (tertiary/aromatic N) is 1. The van der Waals surface area contributed by atoms with E-state index in [-0.39, 0.29) is 34.5 Å². The molecule has 6 aliphatic carbocycles. The third-order valence-electron chi connectivity index (χ3n) is 10.4. The van der Waals surface area contributed by atoms with Crippen molar-refractivity contribution in [1.82, 2.24) is 4.98 Å². The summed E-state index contributed by atoms with van der Waals surface area (Å²) in [5.41, 5.74) is 2.03. The fourth-order valence-corrected chi connectivity index (χ4v) is 8.29. The zero-order valence-electron chi connectivity index (χ0n) is 16.5. The lowest BCUT2D eigenvalue weighted by molar-refractivity contribution is -0.122. The highest BCUT2D eigenvalue weighted by atomic mass is 16.2. The fraction of sp³-hybridized carbons (Fsp3) is 0.696. The van der Waals surface area contributed by atoms with Crippen molar-refractivity contribution in [3.05, 3.63) is 18.3 Å². The molecular formula is C23H27N3O2.